The van der Waals surface area contributed by atoms with Gasteiger partial charge in [-0.1, -0.05) is 19.1 Å². The number of ether oxygens (including phenoxy) is 1. The van der Waals surface area contributed by atoms with Gasteiger partial charge in [0, 0.05) is 6.04 Å². The molecule has 4 nitrogen and oxygen atoms in total. The SMILES string of the molecule is CCOC(=O)c1ccc(C(CCC2(C)CC2)N[S@](=O)C(C)(C)C)cc1. The highest BCUT2D eigenvalue weighted by Gasteiger charge is 2.37. The average Bonchev–Trinajstić information content (AvgIpc) is 3.28. The van der Waals surface area contributed by atoms with E-state index in [0.717, 1.165) is 18.4 Å². The van der Waals surface area contributed by atoms with Crippen LogP contribution in [0.25, 0.3) is 0 Å². The largest absolute Gasteiger partial charge is 0.462 e. The summed E-state index contributed by atoms with van der Waals surface area (Å²) in [4.78, 5) is 11.8. The molecular formula is C20H31NO3S. The van der Waals surface area contributed by atoms with Crippen molar-refractivity contribution in [3.63, 3.8) is 0 Å². The van der Waals surface area contributed by atoms with E-state index in [1.54, 1.807) is 19.1 Å². The fourth-order valence-electron chi connectivity index (χ4n) is 2.62. The van der Waals surface area contributed by atoms with E-state index < -0.39 is 11.0 Å². The topological polar surface area (TPSA) is 55.4 Å². The molecule has 0 aliphatic heterocycles. The summed E-state index contributed by atoms with van der Waals surface area (Å²) in [5.74, 6) is -0.303. The van der Waals surface area contributed by atoms with Crippen LogP contribution >= 0.6 is 0 Å². The van der Waals surface area contributed by atoms with Crippen molar-refractivity contribution in [2.45, 2.75) is 71.1 Å². The van der Waals surface area contributed by atoms with E-state index >= 15 is 0 Å². The van der Waals surface area contributed by atoms with Crippen molar-refractivity contribution in [1.82, 2.24) is 4.72 Å². The van der Waals surface area contributed by atoms with Crippen LogP contribution < -0.4 is 4.72 Å². The summed E-state index contributed by atoms with van der Waals surface area (Å²) in [5.41, 5.74) is 2.07. The molecule has 1 aliphatic carbocycles. The lowest BCUT2D eigenvalue weighted by molar-refractivity contribution is 0.0526. The molecule has 2 rings (SSSR count). The van der Waals surface area contributed by atoms with Crippen LogP contribution in [0.15, 0.2) is 24.3 Å². The van der Waals surface area contributed by atoms with Crippen molar-refractivity contribution in [1.29, 1.82) is 0 Å². The molecule has 0 aromatic heterocycles. The molecule has 1 fully saturated rings. The van der Waals surface area contributed by atoms with E-state index in [1.807, 2.05) is 32.9 Å². The number of esters is 1. The van der Waals surface area contributed by atoms with E-state index in [9.17, 15) is 9.00 Å². The van der Waals surface area contributed by atoms with Crippen LogP contribution in [0.3, 0.4) is 0 Å². The van der Waals surface area contributed by atoms with Crippen molar-refractivity contribution >= 4 is 17.0 Å². The fraction of sp³-hybridized carbons (Fsp3) is 0.650. The molecule has 1 aromatic rings. The zero-order valence-corrected chi connectivity index (χ0v) is 16.9. The molecule has 0 heterocycles. The molecule has 1 N–H and O–H groups in total. The lowest BCUT2D eigenvalue weighted by Crippen LogP contribution is -2.36. The number of benzene rings is 1. The lowest BCUT2D eigenvalue weighted by Gasteiger charge is -2.25. The smallest absolute Gasteiger partial charge is 0.338 e. The molecule has 0 radical (unpaired) electrons. The van der Waals surface area contributed by atoms with Gasteiger partial charge in [0.2, 0.25) is 0 Å². The standard InChI is InChI=1S/C20H31NO3S/c1-6-24-18(22)16-9-7-15(8-10-16)17(11-12-20(5)13-14-20)21-25(23)19(2,3)4/h7-10,17,21H,6,11-14H2,1-5H3/t17?,25-/m1/s1. The van der Waals surface area contributed by atoms with E-state index in [4.69, 9.17) is 4.74 Å². The Kier molecular flexibility index (Phi) is 6.44. The second kappa shape index (κ2) is 8.00. The molecule has 1 saturated carbocycles. The van der Waals surface area contributed by atoms with Gasteiger partial charge in [-0.3, -0.25) is 0 Å². The van der Waals surface area contributed by atoms with E-state index in [1.165, 1.54) is 12.8 Å². The summed E-state index contributed by atoms with van der Waals surface area (Å²) >= 11 is 0. The second-order valence-corrected chi connectivity index (χ2v) is 10.2. The molecule has 0 spiro atoms. The van der Waals surface area contributed by atoms with E-state index in [0.29, 0.717) is 17.6 Å². The molecule has 25 heavy (non-hydrogen) atoms. The van der Waals surface area contributed by atoms with Gasteiger partial charge < -0.3 is 4.74 Å². The van der Waals surface area contributed by atoms with Gasteiger partial charge in [0.1, 0.15) is 0 Å². The van der Waals surface area contributed by atoms with Crippen molar-refractivity contribution < 1.29 is 13.7 Å². The minimum atomic E-state index is -1.13. The number of hydrogen-bond donors (Lipinski definition) is 1. The van der Waals surface area contributed by atoms with Gasteiger partial charge in [-0.05, 0) is 76.5 Å². The van der Waals surface area contributed by atoms with Gasteiger partial charge in [0.05, 0.1) is 27.9 Å². The van der Waals surface area contributed by atoms with Crippen molar-refractivity contribution in [3.05, 3.63) is 35.4 Å². The van der Waals surface area contributed by atoms with E-state index in [2.05, 4.69) is 11.6 Å². The normalized spacial score (nSPS) is 18.4. The number of carbonyl (C=O) groups excluding carboxylic acids is 1. The first-order chi connectivity index (χ1) is 11.6. The van der Waals surface area contributed by atoms with Gasteiger partial charge in [0.15, 0.2) is 0 Å². The molecule has 1 aliphatic rings. The molecule has 2 atom stereocenters. The van der Waals surface area contributed by atoms with Crippen molar-refractivity contribution in [2.24, 2.45) is 5.41 Å². The maximum atomic E-state index is 12.6. The minimum Gasteiger partial charge on any atom is -0.462 e. The van der Waals surface area contributed by atoms with Gasteiger partial charge in [0.25, 0.3) is 0 Å². The maximum Gasteiger partial charge on any atom is 0.338 e. The number of nitrogens with one attached hydrogen (secondary N) is 1. The predicted molar refractivity (Wildman–Crippen MR) is 103 cm³/mol. The summed E-state index contributed by atoms with van der Waals surface area (Å²) in [7, 11) is -1.13. The molecule has 0 bridgehead atoms. The Hall–Kier alpha value is -1.20. The van der Waals surface area contributed by atoms with Crippen LogP contribution in [0.4, 0.5) is 0 Å². The number of carbonyl (C=O) groups is 1. The molecule has 1 unspecified atom stereocenters. The summed E-state index contributed by atoms with van der Waals surface area (Å²) < 4.78 is 20.6. The monoisotopic (exact) mass is 365 g/mol. The molecule has 140 valence electrons. The third-order valence-electron chi connectivity index (χ3n) is 4.77. The Morgan fingerprint density at radius 1 is 1.28 bits per heavy atom. The van der Waals surface area contributed by atoms with Crippen LogP contribution in [0.5, 0.6) is 0 Å². The zero-order chi connectivity index (χ0) is 18.7. The van der Waals surface area contributed by atoms with Gasteiger partial charge in [-0.15, -0.1) is 0 Å². The van der Waals surface area contributed by atoms with E-state index in [-0.39, 0.29) is 16.8 Å². The quantitative estimate of drug-likeness (QED) is 0.688. The molecule has 1 aromatic carbocycles. The van der Waals surface area contributed by atoms with Gasteiger partial charge in [-0.25, -0.2) is 13.7 Å². The average molecular weight is 366 g/mol. The van der Waals surface area contributed by atoms with Crippen LogP contribution in [0, 0.1) is 5.41 Å². The summed E-state index contributed by atoms with van der Waals surface area (Å²) in [6.45, 7) is 10.4. The highest BCUT2D eigenvalue weighted by atomic mass is 32.2. The first-order valence-electron chi connectivity index (χ1n) is 9.10. The minimum absolute atomic E-state index is 0.0220. The molecule has 0 saturated heterocycles. The highest BCUT2D eigenvalue weighted by Crippen LogP contribution is 2.50. The molecular weight excluding hydrogens is 334 g/mol. The summed E-state index contributed by atoms with van der Waals surface area (Å²) in [6, 6.07) is 7.49. The lowest BCUT2D eigenvalue weighted by atomic mass is 9.95. The number of hydrogen-bond acceptors (Lipinski definition) is 3. The predicted octanol–water partition coefficient (Wildman–Crippen LogP) is 4.54. The van der Waals surface area contributed by atoms with Gasteiger partial charge >= 0.3 is 5.97 Å². The maximum absolute atomic E-state index is 12.6. The second-order valence-electron chi connectivity index (χ2n) is 8.24. The molecule has 0 amide bonds. The Bertz CT molecular complexity index is 615. The van der Waals surface area contributed by atoms with Crippen molar-refractivity contribution in [2.75, 3.05) is 6.61 Å². The third-order valence-corrected chi connectivity index (χ3v) is 6.38. The van der Waals surface area contributed by atoms with Crippen molar-refractivity contribution in [3.8, 4) is 0 Å². The first-order valence-corrected chi connectivity index (χ1v) is 10.2. The van der Waals surface area contributed by atoms with Gasteiger partial charge in [-0.2, -0.15) is 0 Å². The van der Waals surface area contributed by atoms with Crippen LogP contribution in [-0.4, -0.2) is 21.5 Å². The third kappa shape index (κ3) is 5.93. The zero-order valence-electron chi connectivity index (χ0n) is 16.1. The van der Waals surface area contributed by atoms with Crippen LogP contribution in [-0.2, 0) is 15.7 Å². The molecule has 5 heteroatoms. The summed E-state index contributed by atoms with van der Waals surface area (Å²) in [6.07, 6.45) is 4.62. The fourth-order valence-corrected chi connectivity index (χ4v) is 3.49. The Balaban J connectivity index is 2.12. The Morgan fingerprint density at radius 2 is 1.88 bits per heavy atom. The first kappa shape index (κ1) is 20.1. The Labute approximate surface area is 154 Å². The highest BCUT2D eigenvalue weighted by molar-refractivity contribution is 7.84. The number of rotatable bonds is 8. The summed E-state index contributed by atoms with van der Waals surface area (Å²) in [5, 5.41) is 0. The van der Waals surface area contributed by atoms with Crippen LogP contribution in [0.2, 0.25) is 0 Å². The van der Waals surface area contributed by atoms with Crippen LogP contribution in [0.1, 0.15) is 82.3 Å². The Morgan fingerprint density at radius 3 is 2.36 bits per heavy atom.